The maximum atomic E-state index is 13.7. The van der Waals surface area contributed by atoms with Gasteiger partial charge in [0, 0.05) is 5.69 Å². The molecule has 0 aliphatic rings. The van der Waals surface area contributed by atoms with Crippen LogP contribution in [0.1, 0.15) is 15.9 Å². The van der Waals surface area contributed by atoms with Crippen LogP contribution in [-0.2, 0) is 0 Å². The van der Waals surface area contributed by atoms with Crippen LogP contribution in [0.15, 0.2) is 30.3 Å². The molecular weight excluding hydrogens is 269 g/mol. The van der Waals surface area contributed by atoms with Gasteiger partial charge in [0.05, 0.1) is 5.69 Å². The number of aryl methyl sites for hydroxylation is 1. The van der Waals surface area contributed by atoms with Crippen molar-refractivity contribution in [1.82, 2.24) is 0 Å². The Labute approximate surface area is 113 Å². The second kappa shape index (κ2) is 5.24. The third-order valence-corrected chi connectivity index (χ3v) is 2.78. The van der Waals surface area contributed by atoms with E-state index in [9.17, 15) is 18.0 Å². The molecule has 0 unspecified atom stereocenters. The molecule has 0 radical (unpaired) electrons. The molecule has 2 rings (SSSR count). The van der Waals surface area contributed by atoms with Gasteiger partial charge in [0.25, 0.3) is 5.91 Å². The molecule has 0 spiro atoms. The highest BCUT2D eigenvalue weighted by molar-refractivity contribution is 6.05. The molecule has 0 bridgehead atoms. The van der Waals surface area contributed by atoms with Gasteiger partial charge in [-0.1, -0.05) is 0 Å². The van der Waals surface area contributed by atoms with Crippen molar-refractivity contribution in [2.75, 3.05) is 11.1 Å². The average molecular weight is 280 g/mol. The Morgan fingerprint density at radius 2 is 1.85 bits per heavy atom. The molecular formula is C14H11F3N2O. The third kappa shape index (κ3) is 2.59. The monoisotopic (exact) mass is 280 g/mol. The summed E-state index contributed by atoms with van der Waals surface area (Å²) in [6.07, 6.45) is 0. The summed E-state index contributed by atoms with van der Waals surface area (Å²) in [7, 11) is 0. The van der Waals surface area contributed by atoms with Crippen molar-refractivity contribution in [3.63, 3.8) is 0 Å². The Bertz CT molecular complexity index is 686. The summed E-state index contributed by atoms with van der Waals surface area (Å²) < 4.78 is 40.2. The number of nitrogens with one attached hydrogen (secondary N) is 1. The third-order valence-electron chi connectivity index (χ3n) is 2.78. The van der Waals surface area contributed by atoms with Crippen molar-refractivity contribution in [2.24, 2.45) is 0 Å². The van der Waals surface area contributed by atoms with Crippen molar-refractivity contribution in [2.45, 2.75) is 6.92 Å². The molecule has 0 aliphatic carbocycles. The van der Waals surface area contributed by atoms with E-state index in [0.717, 1.165) is 18.2 Å². The van der Waals surface area contributed by atoms with E-state index in [4.69, 9.17) is 5.73 Å². The van der Waals surface area contributed by atoms with Crippen LogP contribution in [-0.4, -0.2) is 5.91 Å². The van der Waals surface area contributed by atoms with Crippen molar-refractivity contribution in [1.29, 1.82) is 0 Å². The molecule has 104 valence electrons. The maximum absolute atomic E-state index is 13.7. The molecule has 3 N–H and O–H groups in total. The first-order valence-electron chi connectivity index (χ1n) is 5.71. The number of nitrogens with two attached hydrogens (primary N) is 1. The number of amides is 1. The van der Waals surface area contributed by atoms with Crippen LogP contribution in [0.5, 0.6) is 0 Å². The molecule has 0 saturated carbocycles. The van der Waals surface area contributed by atoms with E-state index in [2.05, 4.69) is 5.32 Å². The summed E-state index contributed by atoms with van der Waals surface area (Å²) in [6.45, 7) is 1.56. The fourth-order valence-corrected chi connectivity index (χ4v) is 1.73. The van der Waals surface area contributed by atoms with Crippen LogP contribution in [0, 0.1) is 24.4 Å². The van der Waals surface area contributed by atoms with Gasteiger partial charge >= 0.3 is 0 Å². The molecule has 1 amide bonds. The van der Waals surface area contributed by atoms with Crippen LogP contribution in [0.3, 0.4) is 0 Å². The van der Waals surface area contributed by atoms with Crippen LogP contribution in [0.25, 0.3) is 0 Å². The summed E-state index contributed by atoms with van der Waals surface area (Å²) in [6, 6.07) is 5.58. The maximum Gasteiger partial charge on any atom is 0.261 e. The van der Waals surface area contributed by atoms with E-state index >= 15 is 0 Å². The highest BCUT2D eigenvalue weighted by atomic mass is 19.1. The SMILES string of the molecule is Cc1cc(F)ccc1NC(=O)c1c(F)ccc(N)c1F. The summed E-state index contributed by atoms with van der Waals surface area (Å²) in [5, 5.41) is 2.32. The topological polar surface area (TPSA) is 55.1 Å². The smallest absolute Gasteiger partial charge is 0.261 e. The van der Waals surface area contributed by atoms with Crippen molar-refractivity contribution >= 4 is 17.3 Å². The average Bonchev–Trinajstić information content (AvgIpc) is 2.38. The van der Waals surface area contributed by atoms with Gasteiger partial charge in [0.15, 0.2) is 5.82 Å². The number of carbonyl (C=O) groups is 1. The Balaban J connectivity index is 2.36. The number of nitrogen functional groups attached to an aromatic ring is 1. The Hall–Kier alpha value is -2.50. The fourth-order valence-electron chi connectivity index (χ4n) is 1.73. The predicted octanol–water partition coefficient (Wildman–Crippen LogP) is 3.25. The molecule has 0 aromatic heterocycles. The van der Waals surface area contributed by atoms with Crippen LogP contribution < -0.4 is 11.1 Å². The van der Waals surface area contributed by atoms with Crippen LogP contribution in [0.2, 0.25) is 0 Å². The minimum atomic E-state index is -1.12. The van der Waals surface area contributed by atoms with Crippen molar-refractivity contribution in [3.05, 3.63) is 58.9 Å². The molecule has 2 aromatic rings. The Kier molecular flexibility index (Phi) is 3.65. The number of benzene rings is 2. The number of hydrogen-bond acceptors (Lipinski definition) is 2. The molecule has 6 heteroatoms. The van der Waals surface area contributed by atoms with E-state index in [-0.39, 0.29) is 11.4 Å². The number of rotatable bonds is 2. The van der Waals surface area contributed by atoms with Gasteiger partial charge in [-0.05, 0) is 42.8 Å². The second-order valence-corrected chi connectivity index (χ2v) is 4.24. The first-order chi connectivity index (χ1) is 9.40. The molecule has 20 heavy (non-hydrogen) atoms. The van der Waals surface area contributed by atoms with E-state index in [1.807, 2.05) is 0 Å². The van der Waals surface area contributed by atoms with E-state index in [1.165, 1.54) is 12.1 Å². The lowest BCUT2D eigenvalue weighted by molar-refractivity contribution is 0.101. The zero-order valence-corrected chi connectivity index (χ0v) is 10.5. The van der Waals surface area contributed by atoms with Gasteiger partial charge in [-0.25, -0.2) is 13.2 Å². The van der Waals surface area contributed by atoms with Crippen LogP contribution >= 0.6 is 0 Å². The van der Waals surface area contributed by atoms with Crippen molar-refractivity contribution in [3.8, 4) is 0 Å². The normalized spacial score (nSPS) is 10.4. The highest BCUT2D eigenvalue weighted by Crippen LogP contribution is 2.21. The minimum absolute atomic E-state index is 0.262. The summed E-state index contributed by atoms with van der Waals surface area (Å²) in [5.41, 5.74) is 4.90. The number of carbonyl (C=O) groups excluding carboxylic acids is 1. The van der Waals surface area contributed by atoms with Gasteiger partial charge in [-0.15, -0.1) is 0 Å². The molecule has 2 aromatic carbocycles. The van der Waals surface area contributed by atoms with Crippen LogP contribution in [0.4, 0.5) is 24.5 Å². The minimum Gasteiger partial charge on any atom is -0.396 e. The van der Waals surface area contributed by atoms with Gasteiger partial charge in [0.1, 0.15) is 17.2 Å². The summed E-state index contributed by atoms with van der Waals surface area (Å²) in [5.74, 6) is -3.60. The zero-order chi connectivity index (χ0) is 14.9. The molecule has 0 aliphatic heterocycles. The van der Waals surface area contributed by atoms with Gasteiger partial charge in [-0.2, -0.15) is 0 Å². The van der Waals surface area contributed by atoms with Gasteiger partial charge in [-0.3, -0.25) is 4.79 Å². The molecule has 3 nitrogen and oxygen atoms in total. The Morgan fingerprint density at radius 1 is 1.15 bits per heavy atom. The lowest BCUT2D eigenvalue weighted by Crippen LogP contribution is -2.17. The predicted molar refractivity (Wildman–Crippen MR) is 69.9 cm³/mol. The summed E-state index contributed by atoms with van der Waals surface area (Å²) in [4.78, 5) is 11.9. The first kappa shape index (κ1) is 13.9. The quantitative estimate of drug-likeness (QED) is 0.830. The van der Waals surface area contributed by atoms with E-state index < -0.39 is 28.9 Å². The number of hydrogen-bond donors (Lipinski definition) is 2. The van der Waals surface area contributed by atoms with Gasteiger partial charge in [0.2, 0.25) is 0 Å². The molecule has 0 saturated heterocycles. The zero-order valence-electron chi connectivity index (χ0n) is 10.5. The lowest BCUT2D eigenvalue weighted by atomic mass is 10.1. The van der Waals surface area contributed by atoms with Gasteiger partial charge < -0.3 is 11.1 Å². The number of halogens is 3. The summed E-state index contributed by atoms with van der Waals surface area (Å²) >= 11 is 0. The lowest BCUT2D eigenvalue weighted by Gasteiger charge is -2.10. The van der Waals surface area contributed by atoms with Crippen molar-refractivity contribution < 1.29 is 18.0 Å². The standard InChI is InChI=1S/C14H11F3N2O/c1-7-6-8(15)2-5-11(7)19-14(20)12-9(16)3-4-10(18)13(12)17/h2-6H,18H2,1H3,(H,19,20). The largest absolute Gasteiger partial charge is 0.396 e. The highest BCUT2D eigenvalue weighted by Gasteiger charge is 2.20. The second-order valence-electron chi connectivity index (χ2n) is 4.24. The first-order valence-corrected chi connectivity index (χ1v) is 5.71. The molecule has 0 heterocycles. The van der Waals surface area contributed by atoms with E-state index in [1.54, 1.807) is 6.92 Å². The van der Waals surface area contributed by atoms with E-state index in [0.29, 0.717) is 5.56 Å². The fraction of sp³-hybridized carbons (Fsp3) is 0.0714. The number of anilines is 2. The molecule has 0 fully saturated rings. The Morgan fingerprint density at radius 3 is 2.50 bits per heavy atom. The molecule has 0 atom stereocenters.